The van der Waals surface area contributed by atoms with Gasteiger partial charge in [0.15, 0.2) is 5.76 Å². The second kappa shape index (κ2) is 6.68. The fourth-order valence-corrected chi connectivity index (χ4v) is 3.05. The lowest BCUT2D eigenvalue weighted by molar-refractivity contribution is 0.0998. The molecule has 0 aliphatic rings. The van der Waals surface area contributed by atoms with Gasteiger partial charge in [-0.1, -0.05) is 19.1 Å². The van der Waals surface area contributed by atoms with E-state index in [2.05, 4.69) is 33.8 Å². The first-order valence-electron chi connectivity index (χ1n) is 8.74. The first-order chi connectivity index (χ1) is 13.1. The molecule has 0 saturated heterocycles. The molecule has 0 bridgehead atoms. The number of amides is 1. The van der Waals surface area contributed by atoms with Gasteiger partial charge < -0.3 is 9.73 Å². The minimum atomic E-state index is -0.279. The number of tetrazole rings is 1. The normalized spacial score (nSPS) is 11.1. The number of anilines is 1. The highest BCUT2D eigenvalue weighted by molar-refractivity contribution is 6.06. The lowest BCUT2D eigenvalue weighted by Gasteiger charge is -2.09. The van der Waals surface area contributed by atoms with E-state index >= 15 is 0 Å². The van der Waals surface area contributed by atoms with Gasteiger partial charge in [0.1, 0.15) is 11.9 Å². The predicted octanol–water partition coefficient (Wildman–Crippen LogP) is 3.84. The van der Waals surface area contributed by atoms with Crippen LogP contribution in [0.2, 0.25) is 0 Å². The van der Waals surface area contributed by atoms with Gasteiger partial charge >= 0.3 is 0 Å². The number of benzene rings is 2. The minimum absolute atomic E-state index is 0.279. The summed E-state index contributed by atoms with van der Waals surface area (Å²) in [6.45, 7) is 5.94. The number of fused-ring (bicyclic) bond motifs is 1. The quantitative estimate of drug-likeness (QED) is 0.597. The monoisotopic (exact) mass is 361 g/mol. The Hall–Kier alpha value is -3.48. The van der Waals surface area contributed by atoms with Gasteiger partial charge in [-0.3, -0.25) is 4.79 Å². The number of carbonyl (C=O) groups excluding carboxylic acids is 1. The van der Waals surface area contributed by atoms with E-state index in [1.807, 2.05) is 44.2 Å². The summed E-state index contributed by atoms with van der Waals surface area (Å²) in [7, 11) is 0. The molecule has 0 unspecified atom stereocenters. The van der Waals surface area contributed by atoms with E-state index in [1.165, 1.54) is 16.6 Å². The van der Waals surface area contributed by atoms with Gasteiger partial charge in [0, 0.05) is 16.6 Å². The fraction of sp³-hybridized carbons (Fsp3) is 0.200. The van der Waals surface area contributed by atoms with Crippen molar-refractivity contribution in [2.75, 3.05) is 5.32 Å². The van der Waals surface area contributed by atoms with Crippen molar-refractivity contribution in [2.24, 2.45) is 0 Å². The molecule has 7 nitrogen and oxygen atoms in total. The number of rotatable bonds is 4. The number of aryl methyl sites for hydroxylation is 3. The van der Waals surface area contributed by atoms with Crippen LogP contribution in [0.15, 0.2) is 47.1 Å². The van der Waals surface area contributed by atoms with Crippen molar-refractivity contribution in [3.63, 3.8) is 0 Å². The minimum Gasteiger partial charge on any atom is -0.451 e. The molecule has 4 aromatic rings. The summed E-state index contributed by atoms with van der Waals surface area (Å²) >= 11 is 0. The van der Waals surface area contributed by atoms with Crippen molar-refractivity contribution < 1.29 is 9.21 Å². The molecule has 0 aliphatic carbocycles. The third kappa shape index (κ3) is 3.08. The molecule has 0 fully saturated rings. The molecule has 0 spiro atoms. The summed E-state index contributed by atoms with van der Waals surface area (Å²) < 4.78 is 7.36. The zero-order valence-corrected chi connectivity index (χ0v) is 15.4. The van der Waals surface area contributed by atoms with Crippen LogP contribution < -0.4 is 5.32 Å². The van der Waals surface area contributed by atoms with Crippen molar-refractivity contribution in [1.82, 2.24) is 20.2 Å². The first-order valence-corrected chi connectivity index (χ1v) is 8.74. The molecule has 2 aromatic heterocycles. The topological polar surface area (TPSA) is 85.8 Å². The average molecular weight is 361 g/mol. The maximum absolute atomic E-state index is 12.9. The standard InChI is InChI=1S/C20H19N5O2/c1-4-14-6-8-18-16(9-14)13(3)19(27-18)20(26)22-17-10-15(7-5-12(17)2)25-11-21-23-24-25/h5-11H,4H2,1-3H3,(H,22,26). The summed E-state index contributed by atoms with van der Waals surface area (Å²) in [5.41, 5.74) is 5.14. The van der Waals surface area contributed by atoms with Gasteiger partial charge in [-0.15, -0.1) is 5.10 Å². The molecule has 27 heavy (non-hydrogen) atoms. The number of nitrogens with zero attached hydrogens (tertiary/aromatic N) is 4. The number of furan rings is 1. The third-order valence-corrected chi connectivity index (χ3v) is 4.70. The summed E-state index contributed by atoms with van der Waals surface area (Å²) in [4.78, 5) is 12.9. The number of hydrogen-bond acceptors (Lipinski definition) is 5. The Labute approximate surface area is 156 Å². The fourth-order valence-electron chi connectivity index (χ4n) is 3.05. The Bertz CT molecular complexity index is 1130. The van der Waals surface area contributed by atoms with E-state index in [0.29, 0.717) is 17.0 Å². The van der Waals surface area contributed by atoms with Gasteiger partial charge in [-0.2, -0.15) is 0 Å². The Kier molecular flexibility index (Phi) is 4.19. The largest absolute Gasteiger partial charge is 0.451 e. The molecule has 1 amide bonds. The Balaban J connectivity index is 1.67. The van der Waals surface area contributed by atoms with Gasteiger partial charge in [0.2, 0.25) is 0 Å². The third-order valence-electron chi connectivity index (χ3n) is 4.70. The second-order valence-electron chi connectivity index (χ2n) is 6.45. The van der Waals surface area contributed by atoms with E-state index in [4.69, 9.17) is 4.42 Å². The van der Waals surface area contributed by atoms with Crippen LogP contribution in [-0.4, -0.2) is 26.1 Å². The van der Waals surface area contributed by atoms with E-state index in [1.54, 1.807) is 0 Å². The Morgan fingerprint density at radius 3 is 2.78 bits per heavy atom. The Morgan fingerprint density at radius 1 is 1.19 bits per heavy atom. The molecular weight excluding hydrogens is 342 g/mol. The highest BCUT2D eigenvalue weighted by atomic mass is 16.3. The highest BCUT2D eigenvalue weighted by Gasteiger charge is 2.19. The summed E-state index contributed by atoms with van der Waals surface area (Å²) in [6.07, 6.45) is 2.44. The lowest BCUT2D eigenvalue weighted by atomic mass is 10.1. The molecule has 0 saturated carbocycles. The molecule has 0 atom stereocenters. The van der Waals surface area contributed by atoms with E-state index in [-0.39, 0.29) is 5.91 Å². The van der Waals surface area contributed by atoms with Crippen LogP contribution in [0.5, 0.6) is 0 Å². The molecule has 7 heteroatoms. The average Bonchev–Trinajstić information content (AvgIpc) is 3.32. The van der Waals surface area contributed by atoms with E-state index in [0.717, 1.165) is 28.6 Å². The van der Waals surface area contributed by atoms with E-state index < -0.39 is 0 Å². The summed E-state index contributed by atoms with van der Waals surface area (Å²) in [5, 5.41) is 15.1. The number of nitrogens with one attached hydrogen (secondary N) is 1. The zero-order chi connectivity index (χ0) is 19.0. The molecule has 1 N–H and O–H groups in total. The molecule has 0 aliphatic heterocycles. The summed E-state index contributed by atoms with van der Waals surface area (Å²) in [6, 6.07) is 11.6. The van der Waals surface area contributed by atoms with Crippen LogP contribution in [0.4, 0.5) is 5.69 Å². The molecule has 4 rings (SSSR count). The molecule has 0 radical (unpaired) electrons. The van der Waals surface area contributed by atoms with Gasteiger partial charge in [0.25, 0.3) is 5.91 Å². The molecular formula is C20H19N5O2. The van der Waals surface area contributed by atoms with Crippen molar-refractivity contribution >= 4 is 22.6 Å². The van der Waals surface area contributed by atoms with Gasteiger partial charge in [0.05, 0.1) is 5.69 Å². The Morgan fingerprint density at radius 2 is 2.04 bits per heavy atom. The molecule has 2 aromatic carbocycles. The number of aromatic nitrogens is 4. The van der Waals surface area contributed by atoms with Crippen LogP contribution in [0, 0.1) is 13.8 Å². The SMILES string of the molecule is CCc1ccc2oc(C(=O)Nc3cc(-n4cnnn4)ccc3C)c(C)c2c1. The maximum Gasteiger partial charge on any atom is 0.291 e. The van der Waals surface area contributed by atoms with Crippen molar-refractivity contribution in [1.29, 1.82) is 0 Å². The second-order valence-corrected chi connectivity index (χ2v) is 6.45. The number of hydrogen-bond donors (Lipinski definition) is 1. The highest BCUT2D eigenvalue weighted by Crippen LogP contribution is 2.28. The molecule has 136 valence electrons. The van der Waals surface area contributed by atoms with Crippen LogP contribution in [0.25, 0.3) is 16.7 Å². The van der Waals surface area contributed by atoms with Crippen LogP contribution >= 0.6 is 0 Å². The summed E-state index contributed by atoms with van der Waals surface area (Å²) in [5.74, 6) is 0.0455. The van der Waals surface area contributed by atoms with Crippen molar-refractivity contribution in [2.45, 2.75) is 27.2 Å². The van der Waals surface area contributed by atoms with Gasteiger partial charge in [-0.25, -0.2) is 4.68 Å². The first kappa shape index (κ1) is 17.0. The lowest BCUT2D eigenvalue weighted by Crippen LogP contribution is -2.13. The predicted molar refractivity (Wildman–Crippen MR) is 102 cm³/mol. The van der Waals surface area contributed by atoms with Gasteiger partial charge in [-0.05, 0) is 66.1 Å². The van der Waals surface area contributed by atoms with Crippen LogP contribution in [-0.2, 0) is 6.42 Å². The van der Waals surface area contributed by atoms with Crippen molar-refractivity contribution in [3.8, 4) is 5.69 Å². The maximum atomic E-state index is 12.9. The van der Waals surface area contributed by atoms with Crippen molar-refractivity contribution in [3.05, 3.63) is 65.2 Å². The zero-order valence-electron chi connectivity index (χ0n) is 15.4. The smallest absolute Gasteiger partial charge is 0.291 e. The number of carbonyl (C=O) groups is 1. The van der Waals surface area contributed by atoms with Crippen LogP contribution in [0.1, 0.15) is 34.2 Å². The van der Waals surface area contributed by atoms with E-state index in [9.17, 15) is 4.79 Å². The molecule has 2 heterocycles. The van der Waals surface area contributed by atoms with Crippen LogP contribution in [0.3, 0.4) is 0 Å².